The highest BCUT2D eigenvalue weighted by Crippen LogP contribution is 2.31. The van der Waals surface area contributed by atoms with Crippen LogP contribution >= 0.6 is 24.0 Å². The minimum absolute atomic E-state index is 0.553. The molecule has 2 aromatic rings. The van der Waals surface area contributed by atoms with Crippen molar-refractivity contribution in [1.82, 2.24) is 0 Å². The first kappa shape index (κ1) is 9.08. The van der Waals surface area contributed by atoms with Crippen LogP contribution in [-0.4, -0.2) is 0 Å². The van der Waals surface area contributed by atoms with Crippen LogP contribution in [-0.2, 0) is 0 Å². The number of hydrogen-bond acceptors (Lipinski definition) is 4. The fourth-order valence-corrected chi connectivity index (χ4v) is 2.60. The Kier molecular flexibility index (Phi) is 2.17. The van der Waals surface area contributed by atoms with Crippen LogP contribution in [0, 0.1) is 22.7 Å². The van der Waals surface area contributed by atoms with E-state index in [-0.39, 0.29) is 0 Å². The second kappa shape index (κ2) is 3.34. The smallest absolute Gasteiger partial charge is 0.102 e. The molecule has 0 fully saturated rings. The summed E-state index contributed by atoms with van der Waals surface area (Å²) < 4.78 is 0.844. The Labute approximate surface area is 90.4 Å². The molecule has 0 aliphatic heterocycles. The summed E-state index contributed by atoms with van der Waals surface area (Å²) in [5.74, 6) is 0. The molecular formula is C10H4N2S2. The largest absolute Gasteiger partial charge is 0.192 e. The fourth-order valence-electron chi connectivity index (χ4n) is 1.32. The standard InChI is InChI=1S/C10H4N2S2/c11-4-6-3-9(13)8(5-12)10-7(6)1-2-14-10/h1-3,13H. The molecule has 2 rings (SSSR count). The van der Waals surface area contributed by atoms with E-state index in [9.17, 15) is 0 Å². The van der Waals surface area contributed by atoms with E-state index in [0.29, 0.717) is 16.0 Å². The monoisotopic (exact) mass is 216 g/mol. The molecule has 1 heterocycles. The molecule has 66 valence electrons. The van der Waals surface area contributed by atoms with E-state index >= 15 is 0 Å². The van der Waals surface area contributed by atoms with Gasteiger partial charge in [-0.1, -0.05) is 0 Å². The molecule has 1 aromatic heterocycles. The van der Waals surface area contributed by atoms with Crippen molar-refractivity contribution < 1.29 is 0 Å². The maximum atomic E-state index is 8.92. The van der Waals surface area contributed by atoms with Crippen molar-refractivity contribution in [3.63, 3.8) is 0 Å². The van der Waals surface area contributed by atoms with E-state index in [1.165, 1.54) is 11.3 Å². The molecule has 14 heavy (non-hydrogen) atoms. The first-order valence-corrected chi connectivity index (χ1v) is 5.14. The summed E-state index contributed by atoms with van der Waals surface area (Å²) in [5, 5.41) is 20.5. The molecule has 0 aliphatic carbocycles. The van der Waals surface area contributed by atoms with Crippen molar-refractivity contribution in [2.75, 3.05) is 0 Å². The average molecular weight is 216 g/mol. The van der Waals surface area contributed by atoms with Gasteiger partial charge in [-0.2, -0.15) is 10.5 Å². The molecule has 0 radical (unpaired) electrons. The highest BCUT2D eigenvalue weighted by atomic mass is 32.1. The molecule has 0 unspecified atom stereocenters. The molecule has 0 saturated heterocycles. The lowest BCUT2D eigenvalue weighted by molar-refractivity contribution is 1.40. The van der Waals surface area contributed by atoms with Crippen LogP contribution in [0.5, 0.6) is 0 Å². The number of thiol groups is 1. The van der Waals surface area contributed by atoms with Gasteiger partial charge >= 0.3 is 0 Å². The van der Waals surface area contributed by atoms with Gasteiger partial charge in [0.2, 0.25) is 0 Å². The number of benzene rings is 1. The van der Waals surface area contributed by atoms with Gasteiger partial charge < -0.3 is 0 Å². The second-order valence-corrected chi connectivity index (χ2v) is 4.10. The molecule has 0 spiro atoms. The van der Waals surface area contributed by atoms with Gasteiger partial charge in [0.05, 0.1) is 21.9 Å². The fraction of sp³-hybridized carbons (Fsp3) is 0. The van der Waals surface area contributed by atoms with Crippen LogP contribution in [0.25, 0.3) is 10.1 Å². The van der Waals surface area contributed by atoms with Crippen molar-refractivity contribution in [3.8, 4) is 12.1 Å². The summed E-state index contributed by atoms with van der Waals surface area (Å²) in [7, 11) is 0. The van der Waals surface area contributed by atoms with Gasteiger partial charge in [0, 0.05) is 10.3 Å². The van der Waals surface area contributed by atoms with Crippen molar-refractivity contribution in [2.45, 2.75) is 4.90 Å². The summed E-state index contributed by atoms with van der Waals surface area (Å²) in [6.07, 6.45) is 0. The number of nitrogens with zero attached hydrogens (tertiary/aromatic N) is 2. The zero-order valence-electron chi connectivity index (χ0n) is 6.98. The van der Waals surface area contributed by atoms with Crippen molar-refractivity contribution in [1.29, 1.82) is 10.5 Å². The molecule has 4 heteroatoms. The third kappa shape index (κ3) is 1.17. The lowest BCUT2D eigenvalue weighted by Crippen LogP contribution is -1.83. The quantitative estimate of drug-likeness (QED) is 0.688. The number of fused-ring (bicyclic) bond motifs is 1. The number of hydrogen-bond donors (Lipinski definition) is 1. The Morgan fingerprint density at radius 3 is 2.71 bits per heavy atom. The summed E-state index contributed by atoms with van der Waals surface area (Å²) in [6, 6.07) is 7.69. The summed E-state index contributed by atoms with van der Waals surface area (Å²) >= 11 is 5.65. The number of nitriles is 2. The van der Waals surface area contributed by atoms with Crippen LogP contribution in [0.1, 0.15) is 11.1 Å². The SMILES string of the molecule is N#Cc1cc(S)c(C#N)c2sccc12. The predicted octanol–water partition coefficient (Wildman–Crippen LogP) is 2.93. The van der Waals surface area contributed by atoms with Crippen molar-refractivity contribution in [3.05, 3.63) is 28.6 Å². The lowest BCUT2D eigenvalue weighted by atomic mass is 10.1. The van der Waals surface area contributed by atoms with Crippen molar-refractivity contribution in [2.24, 2.45) is 0 Å². The maximum absolute atomic E-state index is 8.92. The Bertz CT molecular complexity index is 584. The summed E-state index contributed by atoms with van der Waals surface area (Å²) in [5.41, 5.74) is 1.13. The zero-order chi connectivity index (χ0) is 10.1. The lowest BCUT2D eigenvalue weighted by Gasteiger charge is -1.99. The molecular weight excluding hydrogens is 212 g/mol. The Morgan fingerprint density at radius 1 is 1.29 bits per heavy atom. The van der Waals surface area contributed by atoms with E-state index in [1.54, 1.807) is 6.07 Å². The van der Waals surface area contributed by atoms with Gasteiger partial charge in [-0.15, -0.1) is 24.0 Å². The van der Waals surface area contributed by atoms with Gasteiger partial charge in [-0.25, -0.2) is 0 Å². The molecule has 1 aromatic carbocycles. The molecule has 2 nitrogen and oxygen atoms in total. The number of rotatable bonds is 0. The minimum atomic E-state index is 0.553. The first-order valence-electron chi connectivity index (χ1n) is 3.81. The molecule has 0 aliphatic rings. The normalized spacial score (nSPS) is 9.64. The van der Waals surface area contributed by atoms with E-state index in [4.69, 9.17) is 10.5 Å². The highest BCUT2D eigenvalue weighted by Gasteiger charge is 2.10. The third-order valence-electron chi connectivity index (χ3n) is 1.95. The third-order valence-corrected chi connectivity index (χ3v) is 3.24. The Morgan fingerprint density at radius 2 is 2.07 bits per heavy atom. The van der Waals surface area contributed by atoms with Crippen LogP contribution in [0.4, 0.5) is 0 Å². The molecule has 0 bridgehead atoms. The number of thiophene rings is 1. The molecule has 0 saturated carbocycles. The van der Waals surface area contributed by atoms with Gasteiger partial charge in [0.1, 0.15) is 6.07 Å². The van der Waals surface area contributed by atoms with E-state index in [1.807, 2.05) is 11.4 Å². The van der Waals surface area contributed by atoms with Crippen LogP contribution in [0.2, 0.25) is 0 Å². The first-order chi connectivity index (χ1) is 6.77. The molecule has 0 atom stereocenters. The van der Waals surface area contributed by atoms with E-state index in [0.717, 1.165) is 10.1 Å². The predicted molar refractivity (Wildman–Crippen MR) is 58.5 cm³/mol. The van der Waals surface area contributed by atoms with E-state index in [2.05, 4.69) is 24.8 Å². The van der Waals surface area contributed by atoms with Crippen LogP contribution in [0.3, 0.4) is 0 Å². The second-order valence-electron chi connectivity index (χ2n) is 2.71. The highest BCUT2D eigenvalue weighted by molar-refractivity contribution is 7.80. The Balaban J connectivity index is 3.00. The topological polar surface area (TPSA) is 47.6 Å². The minimum Gasteiger partial charge on any atom is -0.192 e. The van der Waals surface area contributed by atoms with Crippen molar-refractivity contribution >= 4 is 34.1 Å². The van der Waals surface area contributed by atoms with Crippen LogP contribution in [0.15, 0.2) is 22.4 Å². The molecule has 0 amide bonds. The van der Waals surface area contributed by atoms with Gasteiger partial charge in [-0.3, -0.25) is 0 Å². The van der Waals surface area contributed by atoms with E-state index < -0.39 is 0 Å². The summed E-state index contributed by atoms with van der Waals surface area (Å²) in [6.45, 7) is 0. The van der Waals surface area contributed by atoms with Gasteiger partial charge in [0.15, 0.2) is 0 Å². The van der Waals surface area contributed by atoms with Gasteiger partial charge in [-0.05, 0) is 17.5 Å². The van der Waals surface area contributed by atoms with Crippen LogP contribution < -0.4 is 0 Å². The average Bonchev–Trinajstić information content (AvgIpc) is 2.65. The molecule has 0 N–H and O–H groups in total. The Hall–Kier alpha value is -1.49. The summed E-state index contributed by atoms with van der Waals surface area (Å²) in [4.78, 5) is 0.569. The van der Waals surface area contributed by atoms with Gasteiger partial charge in [0.25, 0.3) is 0 Å². The maximum Gasteiger partial charge on any atom is 0.102 e. The zero-order valence-corrected chi connectivity index (χ0v) is 8.69.